The van der Waals surface area contributed by atoms with Crippen LogP contribution in [0, 0.1) is 5.82 Å². The fourth-order valence-electron chi connectivity index (χ4n) is 2.85. The molecule has 5 heteroatoms. The van der Waals surface area contributed by atoms with E-state index < -0.39 is 5.82 Å². The fourth-order valence-corrected chi connectivity index (χ4v) is 3.02. The van der Waals surface area contributed by atoms with Crippen LogP contribution >= 0.6 is 11.6 Å². The van der Waals surface area contributed by atoms with Gasteiger partial charge in [0.25, 0.3) is 0 Å². The van der Waals surface area contributed by atoms with Gasteiger partial charge in [-0.3, -0.25) is 4.79 Å². The average Bonchev–Trinajstić information content (AvgIpc) is 2.45. The van der Waals surface area contributed by atoms with E-state index in [1.165, 1.54) is 18.6 Å². The number of nitrogens with one attached hydrogen (secondary N) is 2. The van der Waals surface area contributed by atoms with Gasteiger partial charge in [0.15, 0.2) is 5.82 Å². The quantitative estimate of drug-likeness (QED) is 0.889. The molecule has 0 aromatic heterocycles. The summed E-state index contributed by atoms with van der Waals surface area (Å²) < 4.78 is 13.8. The summed E-state index contributed by atoms with van der Waals surface area (Å²) in [5, 5.41) is 5.92. The molecule has 1 amide bonds. The predicted octanol–water partition coefficient (Wildman–Crippen LogP) is 3.73. The Morgan fingerprint density at radius 3 is 2.70 bits per heavy atom. The first-order chi connectivity index (χ1) is 9.56. The lowest BCUT2D eigenvalue weighted by molar-refractivity contribution is -0.118. The third kappa shape index (κ3) is 3.49. The number of carbonyl (C=O) groups excluding carboxylic acids is 1. The predicted molar refractivity (Wildman–Crippen MR) is 79.5 cm³/mol. The van der Waals surface area contributed by atoms with Crippen molar-refractivity contribution < 1.29 is 9.18 Å². The van der Waals surface area contributed by atoms with Crippen molar-refractivity contribution in [2.75, 3.05) is 12.4 Å². The van der Waals surface area contributed by atoms with Gasteiger partial charge in [-0.2, -0.15) is 0 Å². The van der Waals surface area contributed by atoms with E-state index in [1.807, 2.05) is 7.05 Å². The monoisotopic (exact) mass is 298 g/mol. The highest BCUT2D eigenvalue weighted by molar-refractivity contribution is 6.31. The van der Waals surface area contributed by atoms with Crippen molar-refractivity contribution in [3.63, 3.8) is 0 Å². The van der Waals surface area contributed by atoms with Crippen LogP contribution in [0.3, 0.4) is 0 Å². The molecule has 0 aliphatic heterocycles. The highest BCUT2D eigenvalue weighted by Crippen LogP contribution is 2.31. The van der Waals surface area contributed by atoms with Gasteiger partial charge >= 0.3 is 0 Å². The molecule has 0 saturated heterocycles. The Bertz CT molecular complexity index is 487. The van der Waals surface area contributed by atoms with Crippen molar-refractivity contribution in [3.05, 3.63) is 29.0 Å². The lowest BCUT2D eigenvalue weighted by Gasteiger charge is -2.36. The lowest BCUT2D eigenvalue weighted by Crippen LogP contribution is -2.47. The Balaban J connectivity index is 2.03. The highest BCUT2D eigenvalue weighted by Gasteiger charge is 2.32. The van der Waals surface area contributed by atoms with E-state index in [1.54, 1.807) is 6.07 Å². The minimum Gasteiger partial charge on any atom is -0.323 e. The van der Waals surface area contributed by atoms with Crippen molar-refractivity contribution >= 4 is 23.2 Å². The first-order valence-corrected chi connectivity index (χ1v) is 7.37. The Labute approximate surface area is 123 Å². The molecular formula is C15H20ClFN2O. The average molecular weight is 299 g/mol. The fraction of sp³-hybridized carbons (Fsp3) is 0.533. The second-order valence-corrected chi connectivity index (χ2v) is 5.82. The molecule has 2 rings (SSSR count). The van der Waals surface area contributed by atoms with Gasteiger partial charge in [0, 0.05) is 12.0 Å². The van der Waals surface area contributed by atoms with Gasteiger partial charge in [0.2, 0.25) is 5.91 Å². The largest absolute Gasteiger partial charge is 0.323 e. The number of anilines is 1. The Morgan fingerprint density at radius 2 is 2.05 bits per heavy atom. The maximum absolute atomic E-state index is 13.8. The summed E-state index contributed by atoms with van der Waals surface area (Å²) >= 11 is 5.71. The molecule has 1 aliphatic rings. The van der Waals surface area contributed by atoms with Crippen LogP contribution in [0.25, 0.3) is 0 Å². The smallest absolute Gasteiger partial charge is 0.226 e. The molecule has 1 aliphatic carbocycles. The first kappa shape index (κ1) is 15.3. The van der Waals surface area contributed by atoms with Crippen LogP contribution in [0.4, 0.5) is 10.1 Å². The summed E-state index contributed by atoms with van der Waals surface area (Å²) in [6.45, 7) is 0. The minimum atomic E-state index is -0.579. The zero-order valence-corrected chi connectivity index (χ0v) is 12.4. The van der Waals surface area contributed by atoms with Crippen LogP contribution in [-0.2, 0) is 4.79 Å². The summed E-state index contributed by atoms with van der Waals surface area (Å²) in [5.41, 5.74) is -0.0123. The molecule has 0 spiro atoms. The highest BCUT2D eigenvalue weighted by atomic mass is 35.5. The number of hydrogen-bond acceptors (Lipinski definition) is 2. The Morgan fingerprint density at radius 1 is 1.35 bits per heavy atom. The van der Waals surface area contributed by atoms with Crippen molar-refractivity contribution in [1.82, 2.24) is 5.32 Å². The van der Waals surface area contributed by atoms with Crippen molar-refractivity contribution in [1.29, 1.82) is 0 Å². The van der Waals surface area contributed by atoms with Gasteiger partial charge in [-0.25, -0.2) is 4.39 Å². The Hall–Kier alpha value is -1.13. The number of rotatable bonds is 4. The van der Waals surface area contributed by atoms with E-state index in [9.17, 15) is 9.18 Å². The van der Waals surface area contributed by atoms with E-state index in [0.717, 1.165) is 25.7 Å². The van der Waals surface area contributed by atoms with Gasteiger partial charge in [-0.05, 0) is 32.0 Å². The summed E-state index contributed by atoms with van der Waals surface area (Å²) in [5.74, 6) is -0.757. The van der Waals surface area contributed by atoms with Crippen LogP contribution in [0.1, 0.15) is 38.5 Å². The van der Waals surface area contributed by atoms with E-state index in [2.05, 4.69) is 10.6 Å². The summed E-state index contributed by atoms with van der Waals surface area (Å²) in [4.78, 5) is 12.1. The molecule has 1 saturated carbocycles. The number of halogens is 2. The van der Waals surface area contributed by atoms with E-state index in [-0.39, 0.29) is 22.2 Å². The maximum Gasteiger partial charge on any atom is 0.226 e. The minimum absolute atomic E-state index is 0.0174. The summed E-state index contributed by atoms with van der Waals surface area (Å²) in [6, 6.07) is 4.60. The summed E-state index contributed by atoms with van der Waals surface area (Å²) in [6.07, 6.45) is 5.78. The first-order valence-electron chi connectivity index (χ1n) is 6.99. The van der Waals surface area contributed by atoms with E-state index in [0.29, 0.717) is 6.42 Å². The van der Waals surface area contributed by atoms with Crippen LogP contribution in [0.5, 0.6) is 0 Å². The van der Waals surface area contributed by atoms with Crippen LogP contribution in [0.15, 0.2) is 18.2 Å². The third-order valence-corrected chi connectivity index (χ3v) is 4.36. The van der Waals surface area contributed by atoms with Gasteiger partial charge in [-0.15, -0.1) is 0 Å². The molecule has 20 heavy (non-hydrogen) atoms. The second kappa shape index (κ2) is 6.55. The van der Waals surface area contributed by atoms with Crippen LogP contribution in [0.2, 0.25) is 5.02 Å². The zero-order valence-electron chi connectivity index (χ0n) is 11.6. The van der Waals surface area contributed by atoms with Crippen molar-refractivity contribution in [2.24, 2.45) is 0 Å². The van der Waals surface area contributed by atoms with Crippen molar-refractivity contribution in [2.45, 2.75) is 44.1 Å². The molecule has 0 radical (unpaired) electrons. The van der Waals surface area contributed by atoms with Crippen LogP contribution in [-0.4, -0.2) is 18.5 Å². The molecule has 2 N–H and O–H groups in total. The lowest BCUT2D eigenvalue weighted by atomic mass is 9.79. The van der Waals surface area contributed by atoms with Crippen LogP contribution < -0.4 is 10.6 Å². The standard InChI is InChI=1S/C15H20ClFN2O/c1-18-15(8-3-2-4-9-15)10-13(20)19-12-7-5-6-11(16)14(12)17/h5-7,18H,2-4,8-10H2,1H3,(H,19,20). The van der Waals surface area contributed by atoms with E-state index in [4.69, 9.17) is 11.6 Å². The van der Waals surface area contributed by atoms with Crippen molar-refractivity contribution in [3.8, 4) is 0 Å². The van der Waals surface area contributed by atoms with Gasteiger partial charge in [0.05, 0.1) is 10.7 Å². The molecule has 3 nitrogen and oxygen atoms in total. The van der Waals surface area contributed by atoms with Gasteiger partial charge in [-0.1, -0.05) is 36.9 Å². The maximum atomic E-state index is 13.8. The molecule has 1 aromatic rings. The molecule has 0 unspecified atom stereocenters. The Kier molecular flexibility index (Phi) is 5.00. The number of benzene rings is 1. The van der Waals surface area contributed by atoms with Gasteiger partial charge in [0.1, 0.15) is 0 Å². The molecule has 0 atom stereocenters. The molecule has 1 aromatic carbocycles. The summed E-state index contributed by atoms with van der Waals surface area (Å²) in [7, 11) is 1.89. The number of carbonyl (C=O) groups is 1. The SMILES string of the molecule is CNC1(CC(=O)Nc2cccc(Cl)c2F)CCCCC1. The molecular weight excluding hydrogens is 279 g/mol. The molecule has 0 heterocycles. The van der Waals surface area contributed by atoms with Gasteiger partial charge < -0.3 is 10.6 Å². The molecule has 0 bridgehead atoms. The molecule has 110 valence electrons. The third-order valence-electron chi connectivity index (χ3n) is 4.07. The molecule has 1 fully saturated rings. The normalized spacial score (nSPS) is 17.8. The number of hydrogen-bond donors (Lipinski definition) is 2. The zero-order chi connectivity index (χ0) is 14.6. The van der Waals surface area contributed by atoms with E-state index >= 15 is 0 Å². The number of amides is 1. The second-order valence-electron chi connectivity index (χ2n) is 5.42. The topological polar surface area (TPSA) is 41.1 Å².